The fraction of sp³-hybridized carbons (Fsp3) is 0.529. The highest BCUT2D eigenvalue weighted by Crippen LogP contribution is 2.31. The molecule has 1 aliphatic carbocycles. The summed E-state index contributed by atoms with van der Waals surface area (Å²) in [5, 5.41) is 5.01. The fourth-order valence-electron chi connectivity index (χ4n) is 3.23. The topological polar surface area (TPSA) is 58.4 Å². The lowest BCUT2D eigenvalue weighted by Crippen LogP contribution is -2.32. The second-order valence-electron chi connectivity index (χ2n) is 6.49. The van der Waals surface area contributed by atoms with Crippen LogP contribution in [-0.2, 0) is 0 Å². The molecular weight excluding hydrogens is 310 g/mol. The van der Waals surface area contributed by atoms with Crippen molar-refractivity contribution in [2.45, 2.75) is 32.2 Å². The maximum Gasteiger partial charge on any atom is 0.273 e. The predicted octanol–water partition coefficient (Wildman–Crippen LogP) is 2.93. The van der Waals surface area contributed by atoms with E-state index in [9.17, 15) is 4.79 Å². The minimum absolute atomic E-state index is 0.126. The maximum absolute atomic E-state index is 12.4. The van der Waals surface area contributed by atoms with E-state index in [0.717, 1.165) is 24.0 Å². The van der Waals surface area contributed by atoms with Crippen molar-refractivity contribution in [1.29, 1.82) is 0 Å². The van der Waals surface area contributed by atoms with E-state index in [1.807, 2.05) is 17.5 Å². The van der Waals surface area contributed by atoms with Crippen LogP contribution in [0.2, 0.25) is 0 Å². The second kappa shape index (κ2) is 6.09. The molecule has 3 heterocycles. The smallest absolute Gasteiger partial charge is 0.273 e. The third kappa shape index (κ3) is 3.19. The molecule has 1 amide bonds. The Balaban J connectivity index is 1.36. The van der Waals surface area contributed by atoms with E-state index in [0.29, 0.717) is 23.3 Å². The summed E-state index contributed by atoms with van der Waals surface area (Å²) in [4.78, 5) is 20.3. The molecule has 5 nitrogen and oxygen atoms in total. The van der Waals surface area contributed by atoms with Crippen molar-refractivity contribution < 1.29 is 9.21 Å². The van der Waals surface area contributed by atoms with E-state index in [2.05, 4.69) is 15.2 Å². The highest BCUT2D eigenvalue weighted by molar-refractivity contribution is 7.13. The van der Waals surface area contributed by atoms with E-state index >= 15 is 0 Å². The number of likely N-dealkylation sites (tertiary alicyclic amines) is 1. The molecule has 2 aromatic heterocycles. The first kappa shape index (κ1) is 14.9. The molecule has 6 heteroatoms. The van der Waals surface area contributed by atoms with Crippen molar-refractivity contribution in [3.8, 4) is 10.8 Å². The Morgan fingerprint density at radius 1 is 1.48 bits per heavy atom. The molecule has 2 fully saturated rings. The molecule has 0 radical (unpaired) electrons. The average molecular weight is 331 g/mol. The zero-order valence-electron chi connectivity index (χ0n) is 13.2. The number of aryl methyl sites for hydroxylation is 1. The summed E-state index contributed by atoms with van der Waals surface area (Å²) in [6.45, 7) is 4.81. The third-order valence-corrected chi connectivity index (χ3v) is 5.53. The van der Waals surface area contributed by atoms with Crippen LogP contribution in [-0.4, -0.2) is 41.5 Å². The van der Waals surface area contributed by atoms with Crippen LogP contribution in [0.4, 0.5) is 0 Å². The summed E-state index contributed by atoms with van der Waals surface area (Å²) in [5.41, 5.74) is 0.408. The number of rotatable bonds is 5. The summed E-state index contributed by atoms with van der Waals surface area (Å²) < 4.78 is 5.64. The maximum atomic E-state index is 12.4. The van der Waals surface area contributed by atoms with Crippen LogP contribution < -0.4 is 5.32 Å². The van der Waals surface area contributed by atoms with Gasteiger partial charge in [0.2, 0.25) is 5.89 Å². The van der Waals surface area contributed by atoms with Gasteiger partial charge in [0.15, 0.2) is 5.69 Å². The van der Waals surface area contributed by atoms with Crippen LogP contribution in [0.1, 0.15) is 35.5 Å². The van der Waals surface area contributed by atoms with Crippen molar-refractivity contribution >= 4 is 17.2 Å². The van der Waals surface area contributed by atoms with E-state index < -0.39 is 0 Å². The number of thiophene rings is 1. The van der Waals surface area contributed by atoms with Gasteiger partial charge in [-0.05, 0) is 50.1 Å². The number of carbonyl (C=O) groups excluding carboxylic acids is 1. The SMILES string of the molecule is Cc1oc(-c2cccs2)nc1C(=O)NC[C@@H]1CCN(C2CC2)C1. The Morgan fingerprint density at radius 2 is 2.35 bits per heavy atom. The van der Waals surface area contributed by atoms with Gasteiger partial charge in [-0.25, -0.2) is 4.98 Å². The van der Waals surface area contributed by atoms with Crippen LogP contribution in [0.5, 0.6) is 0 Å². The molecule has 1 saturated carbocycles. The lowest BCUT2D eigenvalue weighted by molar-refractivity contribution is 0.0941. The van der Waals surface area contributed by atoms with Gasteiger partial charge in [0.05, 0.1) is 4.88 Å². The van der Waals surface area contributed by atoms with Crippen molar-refractivity contribution in [3.63, 3.8) is 0 Å². The number of hydrogen-bond acceptors (Lipinski definition) is 5. The Hall–Kier alpha value is -1.66. The molecule has 4 rings (SSSR count). The van der Waals surface area contributed by atoms with E-state index in [-0.39, 0.29) is 5.91 Å². The van der Waals surface area contributed by atoms with Crippen LogP contribution in [0.3, 0.4) is 0 Å². The third-order valence-electron chi connectivity index (χ3n) is 4.68. The van der Waals surface area contributed by atoms with Crippen molar-refractivity contribution in [2.24, 2.45) is 5.92 Å². The zero-order chi connectivity index (χ0) is 15.8. The summed E-state index contributed by atoms with van der Waals surface area (Å²) in [6, 6.07) is 4.72. The summed E-state index contributed by atoms with van der Waals surface area (Å²) in [7, 11) is 0. The van der Waals surface area contributed by atoms with Gasteiger partial charge in [0.25, 0.3) is 5.91 Å². The largest absolute Gasteiger partial charge is 0.440 e. The first-order valence-electron chi connectivity index (χ1n) is 8.24. The van der Waals surface area contributed by atoms with Gasteiger partial charge in [0, 0.05) is 19.1 Å². The van der Waals surface area contributed by atoms with Crippen LogP contribution in [0, 0.1) is 12.8 Å². The van der Waals surface area contributed by atoms with Crippen molar-refractivity contribution in [1.82, 2.24) is 15.2 Å². The Kier molecular flexibility index (Phi) is 3.95. The highest BCUT2D eigenvalue weighted by Gasteiger charge is 2.34. The lowest BCUT2D eigenvalue weighted by atomic mass is 10.1. The predicted molar refractivity (Wildman–Crippen MR) is 89.6 cm³/mol. The Labute approximate surface area is 139 Å². The fourth-order valence-corrected chi connectivity index (χ4v) is 3.88. The molecule has 2 aromatic rings. The van der Waals surface area contributed by atoms with Gasteiger partial charge >= 0.3 is 0 Å². The average Bonchev–Trinajstić information content (AvgIpc) is 2.96. The Morgan fingerprint density at radius 3 is 3.09 bits per heavy atom. The minimum Gasteiger partial charge on any atom is -0.440 e. The number of carbonyl (C=O) groups is 1. The first-order valence-corrected chi connectivity index (χ1v) is 9.12. The van der Waals surface area contributed by atoms with Crippen LogP contribution >= 0.6 is 11.3 Å². The number of amides is 1. The molecule has 0 spiro atoms. The number of nitrogens with zero attached hydrogens (tertiary/aromatic N) is 2. The molecule has 2 aliphatic rings. The minimum atomic E-state index is -0.126. The molecule has 1 atom stereocenters. The zero-order valence-corrected chi connectivity index (χ0v) is 14.1. The molecule has 1 N–H and O–H groups in total. The summed E-state index contributed by atoms with van der Waals surface area (Å²) in [6.07, 6.45) is 3.88. The molecule has 0 bridgehead atoms. The second-order valence-corrected chi connectivity index (χ2v) is 7.44. The van der Waals surface area contributed by atoms with Gasteiger partial charge in [-0.2, -0.15) is 0 Å². The van der Waals surface area contributed by atoms with Crippen molar-refractivity contribution in [3.05, 3.63) is 29.0 Å². The number of oxazole rings is 1. The van der Waals surface area contributed by atoms with E-state index in [1.54, 1.807) is 18.3 Å². The van der Waals surface area contributed by atoms with Gasteiger partial charge in [0.1, 0.15) is 5.76 Å². The number of aromatic nitrogens is 1. The molecule has 1 saturated heterocycles. The lowest BCUT2D eigenvalue weighted by Gasteiger charge is -2.14. The van der Waals surface area contributed by atoms with Gasteiger partial charge in [-0.3, -0.25) is 4.79 Å². The monoisotopic (exact) mass is 331 g/mol. The summed E-state index contributed by atoms with van der Waals surface area (Å²) in [5.74, 6) is 1.54. The van der Waals surface area contributed by atoms with Crippen molar-refractivity contribution in [2.75, 3.05) is 19.6 Å². The van der Waals surface area contributed by atoms with Gasteiger partial charge in [-0.1, -0.05) is 6.07 Å². The molecule has 122 valence electrons. The van der Waals surface area contributed by atoms with Gasteiger partial charge < -0.3 is 14.6 Å². The molecule has 23 heavy (non-hydrogen) atoms. The molecule has 0 unspecified atom stereocenters. The van der Waals surface area contributed by atoms with Crippen LogP contribution in [0.15, 0.2) is 21.9 Å². The quantitative estimate of drug-likeness (QED) is 0.915. The first-order chi connectivity index (χ1) is 11.2. The number of hydrogen-bond donors (Lipinski definition) is 1. The van der Waals surface area contributed by atoms with Crippen LogP contribution in [0.25, 0.3) is 10.8 Å². The Bertz CT molecular complexity index is 691. The van der Waals surface area contributed by atoms with E-state index in [4.69, 9.17) is 4.42 Å². The van der Waals surface area contributed by atoms with Gasteiger partial charge in [-0.15, -0.1) is 11.3 Å². The van der Waals surface area contributed by atoms with E-state index in [1.165, 1.54) is 25.8 Å². The molecule has 0 aromatic carbocycles. The molecular formula is C17H21N3O2S. The normalized spacial score (nSPS) is 21.7. The summed E-state index contributed by atoms with van der Waals surface area (Å²) >= 11 is 1.56. The highest BCUT2D eigenvalue weighted by atomic mass is 32.1. The standard InChI is InChI=1S/C17H21N3O2S/c1-11-15(19-17(22-11)14-3-2-8-23-14)16(21)18-9-12-6-7-20(10-12)13-4-5-13/h2-3,8,12-13H,4-7,9-10H2,1H3,(H,18,21)/t12-/m0/s1. The number of nitrogens with one attached hydrogen (secondary N) is 1. The molecule has 1 aliphatic heterocycles.